The van der Waals surface area contributed by atoms with E-state index >= 15 is 0 Å². The van der Waals surface area contributed by atoms with Gasteiger partial charge in [-0.05, 0) is 61.1 Å². The highest BCUT2D eigenvalue weighted by atomic mass is 35.5. The highest BCUT2D eigenvalue weighted by molar-refractivity contribution is 6.31. The third kappa shape index (κ3) is 2.29. The zero-order valence-corrected chi connectivity index (χ0v) is 14.2. The lowest BCUT2D eigenvalue weighted by molar-refractivity contribution is 0.202. The van der Waals surface area contributed by atoms with Crippen LogP contribution in [0.4, 0.5) is 4.79 Å². The van der Waals surface area contributed by atoms with Gasteiger partial charge in [0.2, 0.25) is 0 Å². The molecule has 2 bridgehead atoms. The van der Waals surface area contributed by atoms with Crippen molar-refractivity contribution in [2.75, 3.05) is 13.1 Å². The maximum Gasteiger partial charge on any atom is 0.317 e. The van der Waals surface area contributed by atoms with Crippen molar-refractivity contribution in [2.24, 2.45) is 23.7 Å². The fraction of sp³-hybridized carbons (Fsp3) is 0.556. The standard InChI is InChI=1S/C18H21ClN4O/c19-12-3-4-15-16(6-12)22-17(21-15)7-20-18(24)23-8-13-10-1-2-11(5-10)14(13)9-23/h3-4,6,10-11,13-14H,1-2,5,7-9H2,(H,20,24)(H,21,22)/t10-,11+,13-,14+. The van der Waals surface area contributed by atoms with E-state index in [2.05, 4.69) is 15.3 Å². The molecule has 2 amide bonds. The van der Waals surface area contributed by atoms with E-state index in [0.717, 1.165) is 53.6 Å². The first-order valence-electron chi connectivity index (χ1n) is 8.84. The molecule has 126 valence electrons. The Kier molecular flexibility index (Phi) is 3.27. The number of fused-ring (bicyclic) bond motifs is 6. The lowest BCUT2D eigenvalue weighted by Crippen LogP contribution is -2.39. The van der Waals surface area contributed by atoms with Gasteiger partial charge in [0.05, 0.1) is 17.6 Å². The summed E-state index contributed by atoms with van der Waals surface area (Å²) in [6.07, 6.45) is 4.16. The number of amides is 2. The number of benzene rings is 1. The summed E-state index contributed by atoms with van der Waals surface area (Å²) in [6, 6.07) is 5.61. The van der Waals surface area contributed by atoms with Crippen LogP contribution < -0.4 is 5.32 Å². The highest BCUT2D eigenvalue weighted by Gasteiger charge is 2.52. The first-order valence-corrected chi connectivity index (χ1v) is 9.22. The van der Waals surface area contributed by atoms with Crippen LogP contribution in [0.5, 0.6) is 0 Å². The van der Waals surface area contributed by atoms with Crippen molar-refractivity contribution < 1.29 is 4.79 Å². The Labute approximate surface area is 145 Å². The molecule has 2 heterocycles. The average molecular weight is 345 g/mol. The van der Waals surface area contributed by atoms with E-state index in [9.17, 15) is 4.79 Å². The number of likely N-dealkylation sites (tertiary alicyclic amines) is 1. The van der Waals surface area contributed by atoms with Crippen LogP contribution in [0.3, 0.4) is 0 Å². The number of urea groups is 1. The molecule has 5 rings (SSSR count). The largest absolute Gasteiger partial charge is 0.340 e. The van der Waals surface area contributed by atoms with Crippen LogP contribution in [0.2, 0.25) is 5.02 Å². The Morgan fingerprint density at radius 1 is 1.29 bits per heavy atom. The molecule has 2 aromatic rings. The van der Waals surface area contributed by atoms with Gasteiger partial charge in [-0.2, -0.15) is 0 Å². The van der Waals surface area contributed by atoms with Crippen LogP contribution in [-0.4, -0.2) is 34.0 Å². The van der Waals surface area contributed by atoms with E-state index in [4.69, 9.17) is 11.6 Å². The molecule has 2 saturated carbocycles. The topological polar surface area (TPSA) is 61.0 Å². The van der Waals surface area contributed by atoms with E-state index in [-0.39, 0.29) is 6.03 Å². The first kappa shape index (κ1) is 14.6. The lowest BCUT2D eigenvalue weighted by Gasteiger charge is -2.22. The molecule has 5 nitrogen and oxygen atoms in total. The number of carbonyl (C=O) groups is 1. The number of carbonyl (C=O) groups excluding carboxylic acids is 1. The van der Waals surface area contributed by atoms with E-state index in [1.165, 1.54) is 19.3 Å². The van der Waals surface area contributed by atoms with Crippen molar-refractivity contribution in [3.8, 4) is 0 Å². The van der Waals surface area contributed by atoms with Crippen molar-refractivity contribution in [1.29, 1.82) is 0 Å². The highest BCUT2D eigenvalue weighted by Crippen LogP contribution is 2.55. The zero-order valence-electron chi connectivity index (χ0n) is 13.5. The number of hydrogen-bond donors (Lipinski definition) is 2. The zero-order chi connectivity index (χ0) is 16.3. The van der Waals surface area contributed by atoms with Gasteiger partial charge in [0.1, 0.15) is 5.82 Å². The van der Waals surface area contributed by atoms with Gasteiger partial charge in [0.25, 0.3) is 0 Å². The lowest BCUT2D eigenvalue weighted by atomic mass is 9.82. The molecule has 0 spiro atoms. The third-order valence-corrected chi connectivity index (χ3v) is 6.56. The predicted octanol–water partition coefficient (Wildman–Crippen LogP) is 3.40. The molecule has 3 fully saturated rings. The van der Waals surface area contributed by atoms with Crippen molar-refractivity contribution in [3.05, 3.63) is 29.0 Å². The summed E-state index contributed by atoms with van der Waals surface area (Å²) in [4.78, 5) is 22.2. The smallest absolute Gasteiger partial charge is 0.317 e. The van der Waals surface area contributed by atoms with Gasteiger partial charge in [-0.25, -0.2) is 9.78 Å². The molecule has 0 unspecified atom stereocenters. The number of hydrogen-bond acceptors (Lipinski definition) is 2. The van der Waals surface area contributed by atoms with Crippen LogP contribution >= 0.6 is 11.6 Å². The van der Waals surface area contributed by atoms with Crippen molar-refractivity contribution >= 4 is 28.7 Å². The quantitative estimate of drug-likeness (QED) is 0.877. The Morgan fingerprint density at radius 3 is 2.79 bits per heavy atom. The van der Waals surface area contributed by atoms with Crippen molar-refractivity contribution in [2.45, 2.75) is 25.8 Å². The predicted molar refractivity (Wildman–Crippen MR) is 92.7 cm³/mol. The van der Waals surface area contributed by atoms with Gasteiger partial charge in [-0.1, -0.05) is 11.6 Å². The Balaban J connectivity index is 1.23. The van der Waals surface area contributed by atoms with Crippen molar-refractivity contribution in [3.63, 3.8) is 0 Å². The molecule has 24 heavy (non-hydrogen) atoms. The molecule has 3 aliphatic rings. The van der Waals surface area contributed by atoms with E-state index in [0.29, 0.717) is 11.6 Å². The van der Waals surface area contributed by atoms with E-state index < -0.39 is 0 Å². The molecule has 1 aromatic heterocycles. The fourth-order valence-corrected chi connectivity index (χ4v) is 5.41. The number of aromatic amines is 1. The normalized spacial score (nSPS) is 31.0. The fourth-order valence-electron chi connectivity index (χ4n) is 5.24. The molecule has 1 saturated heterocycles. The number of nitrogens with zero attached hydrogens (tertiary/aromatic N) is 2. The number of rotatable bonds is 2. The van der Waals surface area contributed by atoms with Crippen LogP contribution in [0, 0.1) is 23.7 Å². The second-order valence-corrected chi connectivity index (χ2v) is 8.01. The monoisotopic (exact) mass is 344 g/mol. The number of aromatic nitrogens is 2. The number of H-pyrrole nitrogens is 1. The molecule has 2 N–H and O–H groups in total. The minimum Gasteiger partial charge on any atom is -0.340 e. The summed E-state index contributed by atoms with van der Waals surface area (Å²) in [5, 5.41) is 3.70. The van der Waals surface area contributed by atoms with Gasteiger partial charge in [-0.3, -0.25) is 0 Å². The molecule has 0 radical (unpaired) electrons. The molecular formula is C18H21ClN4O. The third-order valence-electron chi connectivity index (χ3n) is 6.32. The molecular weight excluding hydrogens is 324 g/mol. The molecule has 4 atom stereocenters. The summed E-state index contributed by atoms with van der Waals surface area (Å²) in [5.41, 5.74) is 1.77. The van der Waals surface area contributed by atoms with Gasteiger partial charge in [0.15, 0.2) is 0 Å². The summed E-state index contributed by atoms with van der Waals surface area (Å²) in [6.45, 7) is 2.30. The number of nitrogens with one attached hydrogen (secondary N) is 2. The maximum atomic E-state index is 12.5. The Morgan fingerprint density at radius 2 is 2.04 bits per heavy atom. The van der Waals surface area contributed by atoms with Crippen LogP contribution in [0.1, 0.15) is 25.1 Å². The second-order valence-electron chi connectivity index (χ2n) is 7.57. The summed E-state index contributed by atoms with van der Waals surface area (Å²) in [5.74, 6) is 4.02. The number of halogens is 1. The SMILES string of the molecule is O=C(NCc1nc2ccc(Cl)cc2[nH]1)N1C[C@@H]2[C@@H]3CC[C@@H](C3)[C@@H]2C1. The molecule has 2 aliphatic carbocycles. The van der Waals surface area contributed by atoms with Crippen molar-refractivity contribution in [1.82, 2.24) is 20.2 Å². The average Bonchev–Trinajstić information content (AvgIpc) is 3.30. The summed E-state index contributed by atoms with van der Waals surface area (Å²) < 4.78 is 0. The van der Waals surface area contributed by atoms with Crippen LogP contribution in [0.15, 0.2) is 18.2 Å². The Hall–Kier alpha value is -1.75. The molecule has 1 aliphatic heterocycles. The maximum absolute atomic E-state index is 12.5. The second kappa shape index (κ2) is 5.38. The van der Waals surface area contributed by atoms with E-state index in [1.54, 1.807) is 0 Å². The summed E-state index contributed by atoms with van der Waals surface area (Å²) >= 11 is 5.99. The first-order chi connectivity index (χ1) is 11.7. The minimum atomic E-state index is 0.0438. The van der Waals surface area contributed by atoms with Crippen LogP contribution in [0.25, 0.3) is 11.0 Å². The van der Waals surface area contributed by atoms with Gasteiger partial charge < -0.3 is 15.2 Å². The van der Waals surface area contributed by atoms with Gasteiger partial charge >= 0.3 is 6.03 Å². The number of imidazole rings is 1. The molecule has 1 aromatic carbocycles. The van der Waals surface area contributed by atoms with Gasteiger partial charge in [0, 0.05) is 18.1 Å². The van der Waals surface area contributed by atoms with E-state index in [1.807, 2.05) is 23.1 Å². The summed E-state index contributed by atoms with van der Waals surface area (Å²) in [7, 11) is 0. The van der Waals surface area contributed by atoms with Gasteiger partial charge in [-0.15, -0.1) is 0 Å². The Bertz CT molecular complexity index is 785. The van der Waals surface area contributed by atoms with Crippen LogP contribution in [-0.2, 0) is 6.54 Å². The molecule has 6 heteroatoms. The minimum absolute atomic E-state index is 0.0438.